The zero-order valence-corrected chi connectivity index (χ0v) is 13.4. The second-order valence-electron chi connectivity index (χ2n) is 5.00. The van der Waals surface area contributed by atoms with Crippen molar-refractivity contribution in [1.29, 1.82) is 0 Å². The van der Waals surface area contributed by atoms with Crippen molar-refractivity contribution in [2.24, 2.45) is 11.7 Å². The Labute approximate surface area is 132 Å². The average molecular weight is 317 g/mol. The molecule has 2 atom stereocenters. The molecule has 0 spiro atoms. The second kappa shape index (κ2) is 10.6. The fourth-order valence-corrected chi connectivity index (χ4v) is 2.21. The number of carbonyl (C=O) groups excluding carboxylic acids is 1. The van der Waals surface area contributed by atoms with Crippen LogP contribution in [-0.4, -0.2) is 18.6 Å². The first kappa shape index (κ1) is 19.9. The number of rotatable bonds is 8. The number of benzene rings is 1. The summed E-state index contributed by atoms with van der Waals surface area (Å²) < 4.78 is 18.0. The number of hydrogen-bond acceptors (Lipinski definition) is 3. The first-order valence-corrected chi connectivity index (χ1v) is 7.25. The maximum absolute atomic E-state index is 12.9. The van der Waals surface area contributed by atoms with Gasteiger partial charge < -0.3 is 22.9 Å². The van der Waals surface area contributed by atoms with E-state index in [-0.39, 0.29) is 36.2 Å². The third-order valence-electron chi connectivity index (χ3n) is 3.36. The van der Waals surface area contributed by atoms with Gasteiger partial charge >= 0.3 is 5.97 Å². The maximum atomic E-state index is 12.9. The molecule has 5 heteroatoms. The van der Waals surface area contributed by atoms with Crippen LogP contribution in [0.25, 0.3) is 0 Å². The number of ether oxygens (including phenoxy) is 1. The van der Waals surface area contributed by atoms with Crippen LogP contribution in [0.5, 0.6) is 0 Å². The smallest absolute Gasteiger partial charge is 0.310 e. The highest BCUT2D eigenvalue weighted by Crippen LogP contribution is 2.18. The average Bonchev–Trinajstić information content (AvgIpc) is 2.42. The van der Waals surface area contributed by atoms with Crippen LogP contribution in [0, 0.1) is 11.7 Å². The van der Waals surface area contributed by atoms with E-state index in [9.17, 15) is 9.18 Å². The summed E-state index contributed by atoms with van der Waals surface area (Å²) >= 11 is 0. The van der Waals surface area contributed by atoms with E-state index in [0.29, 0.717) is 13.0 Å². The van der Waals surface area contributed by atoms with Crippen molar-refractivity contribution in [3.63, 3.8) is 0 Å². The van der Waals surface area contributed by atoms with Crippen molar-refractivity contribution in [3.05, 3.63) is 35.6 Å². The van der Waals surface area contributed by atoms with Crippen LogP contribution in [0.2, 0.25) is 0 Å². The Bertz CT molecular complexity index is 411. The van der Waals surface area contributed by atoms with E-state index in [4.69, 9.17) is 10.5 Å². The zero-order valence-electron chi connectivity index (χ0n) is 12.6. The fraction of sp³-hybridized carbons (Fsp3) is 0.562. The second-order valence-corrected chi connectivity index (χ2v) is 5.00. The van der Waals surface area contributed by atoms with Gasteiger partial charge in [0.15, 0.2) is 0 Å². The lowest BCUT2D eigenvalue weighted by Crippen LogP contribution is -3.00. The Kier molecular flexibility index (Phi) is 10.0. The topological polar surface area (TPSA) is 52.3 Å². The number of esters is 1. The number of nitrogens with two attached hydrogens (primary N) is 1. The molecule has 0 aliphatic carbocycles. The standard InChI is InChI=1S/C16H24FNO2.ClH/c1-3-5-6-14(16(19)20-4-2)15(18)11-12-7-9-13(17)10-8-12;/h7-10,14-15H,3-6,11,18H2,1-2H3;1H/p-1. The monoisotopic (exact) mass is 316 g/mol. The lowest BCUT2D eigenvalue weighted by atomic mass is 9.90. The summed E-state index contributed by atoms with van der Waals surface area (Å²) in [5, 5.41) is 0. The van der Waals surface area contributed by atoms with E-state index in [1.165, 1.54) is 12.1 Å². The third kappa shape index (κ3) is 6.91. The van der Waals surface area contributed by atoms with Gasteiger partial charge in [-0.05, 0) is 37.5 Å². The molecule has 0 radical (unpaired) electrons. The van der Waals surface area contributed by atoms with Crippen molar-refractivity contribution in [2.75, 3.05) is 6.61 Å². The minimum Gasteiger partial charge on any atom is -1.00 e. The predicted molar refractivity (Wildman–Crippen MR) is 77.7 cm³/mol. The summed E-state index contributed by atoms with van der Waals surface area (Å²) in [7, 11) is 0. The van der Waals surface area contributed by atoms with Gasteiger partial charge in [-0.15, -0.1) is 0 Å². The number of carbonyl (C=O) groups is 1. The van der Waals surface area contributed by atoms with Crippen LogP contribution in [0.15, 0.2) is 24.3 Å². The molecule has 0 aliphatic heterocycles. The van der Waals surface area contributed by atoms with Crippen LogP contribution in [0.1, 0.15) is 38.7 Å². The molecule has 1 rings (SSSR count). The normalized spacial score (nSPS) is 13.1. The van der Waals surface area contributed by atoms with Crippen molar-refractivity contribution >= 4 is 5.97 Å². The van der Waals surface area contributed by atoms with E-state index in [2.05, 4.69) is 6.92 Å². The molecular weight excluding hydrogens is 293 g/mol. The summed E-state index contributed by atoms with van der Waals surface area (Å²) in [5.41, 5.74) is 7.10. The minimum atomic E-state index is -0.300. The SMILES string of the molecule is CCCCC(C(=O)OCC)C(N)Cc1ccc(F)cc1.[Cl-]. The van der Waals surface area contributed by atoms with E-state index < -0.39 is 0 Å². The van der Waals surface area contributed by atoms with Crippen LogP contribution < -0.4 is 18.1 Å². The Hall–Kier alpha value is -1.13. The molecule has 0 saturated carbocycles. The van der Waals surface area contributed by atoms with E-state index in [0.717, 1.165) is 24.8 Å². The summed E-state index contributed by atoms with van der Waals surface area (Å²) in [5.74, 6) is -0.786. The summed E-state index contributed by atoms with van der Waals surface area (Å²) in [6.45, 7) is 4.23. The number of hydrogen-bond donors (Lipinski definition) is 1. The Balaban J connectivity index is 0.00000400. The van der Waals surface area contributed by atoms with Gasteiger partial charge in [0, 0.05) is 6.04 Å². The van der Waals surface area contributed by atoms with Crippen molar-refractivity contribution < 1.29 is 26.3 Å². The van der Waals surface area contributed by atoms with Crippen molar-refractivity contribution in [2.45, 2.75) is 45.6 Å². The molecule has 2 unspecified atom stereocenters. The molecule has 3 nitrogen and oxygen atoms in total. The first-order valence-electron chi connectivity index (χ1n) is 7.25. The predicted octanol–water partition coefficient (Wildman–Crippen LogP) is 0.0690. The molecule has 1 aromatic carbocycles. The quantitative estimate of drug-likeness (QED) is 0.691. The Morgan fingerprint density at radius 2 is 1.90 bits per heavy atom. The van der Waals surface area contributed by atoms with Gasteiger partial charge in [-0.2, -0.15) is 0 Å². The highest BCUT2D eigenvalue weighted by atomic mass is 35.5. The van der Waals surface area contributed by atoms with Gasteiger partial charge in [0.1, 0.15) is 5.82 Å². The lowest BCUT2D eigenvalue weighted by Gasteiger charge is -2.22. The third-order valence-corrected chi connectivity index (χ3v) is 3.36. The van der Waals surface area contributed by atoms with Gasteiger partial charge in [-0.25, -0.2) is 4.39 Å². The van der Waals surface area contributed by atoms with Gasteiger partial charge in [-0.3, -0.25) is 4.79 Å². The van der Waals surface area contributed by atoms with Crippen molar-refractivity contribution in [3.8, 4) is 0 Å². The van der Waals surface area contributed by atoms with E-state index in [1.54, 1.807) is 19.1 Å². The molecule has 0 bridgehead atoms. The van der Waals surface area contributed by atoms with Crippen molar-refractivity contribution in [1.82, 2.24) is 0 Å². The van der Waals surface area contributed by atoms with Crippen LogP contribution in [0.3, 0.4) is 0 Å². The van der Waals surface area contributed by atoms with E-state index >= 15 is 0 Å². The molecule has 0 heterocycles. The largest absolute Gasteiger partial charge is 1.00 e. The van der Waals surface area contributed by atoms with Crippen LogP contribution in [-0.2, 0) is 16.0 Å². The molecule has 21 heavy (non-hydrogen) atoms. The molecule has 2 N–H and O–H groups in total. The first-order chi connectivity index (χ1) is 9.58. The van der Waals surface area contributed by atoms with Crippen LogP contribution >= 0.6 is 0 Å². The number of halogens is 2. The molecule has 0 amide bonds. The minimum absolute atomic E-state index is 0. The molecule has 0 aromatic heterocycles. The Morgan fingerprint density at radius 1 is 1.29 bits per heavy atom. The van der Waals surface area contributed by atoms with Crippen LogP contribution in [0.4, 0.5) is 4.39 Å². The maximum Gasteiger partial charge on any atom is 0.310 e. The highest BCUT2D eigenvalue weighted by Gasteiger charge is 2.26. The molecule has 0 aliphatic rings. The fourth-order valence-electron chi connectivity index (χ4n) is 2.21. The lowest BCUT2D eigenvalue weighted by molar-refractivity contribution is -0.149. The van der Waals surface area contributed by atoms with E-state index in [1.807, 2.05) is 0 Å². The molecule has 120 valence electrons. The summed E-state index contributed by atoms with van der Waals surface area (Å²) in [6, 6.07) is 5.93. The zero-order chi connectivity index (χ0) is 15.0. The molecule has 1 aromatic rings. The van der Waals surface area contributed by atoms with Gasteiger partial charge in [0.2, 0.25) is 0 Å². The molecular formula is C16H24ClFNO2-. The summed E-state index contributed by atoms with van der Waals surface area (Å²) in [6.07, 6.45) is 3.24. The molecule has 0 saturated heterocycles. The van der Waals surface area contributed by atoms with Gasteiger partial charge in [0.25, 0.3) is 0 Å². The molecule has 0 fully saturated rings. The Morgan fingerprint density at radius 3 is 2.43 bits per heavy atom. The highest BCUT2D eigenvalue weighted by molar-refractivity contribution is 5.73. The summed E-state index contributed by atoms with van der Waals surface area (Å²) in [4.78, 5) is 12.0. The van der Waals surface area contributed by atoms with Gasteiger partial charge in [-0.1, -0.05) is 31.9 Å². The van der Waals surface area contributed by atoms with Gasteiger partial charge in [0.05, 0.1) is 12.5 Å². The number of unbranched alkanes of at least 4 members (excludes halogenated alkanes) is 1.